The second kappa shape index (κ2) is 5.43. The Hall–Kier alpha value is -2.50. The van der Waals surface area contributed by atoms with E-state index in [0.717, 1.165) is 11.4 Å². The minimum atomic E-state index is -2.82. The Morgan fingerprint density at radius 3 is 2.11 bits per heavy atom. The van der Waals surface area contributed by atoms with Gasteiger partial charge in [-0.2, -0.15) is 8.78 Å². The minimum Gasteiger partial charge on any atom is -0.435 e. The van der Waals surface area contributed by atoms with Crippen LogP contribution in [0.3, 0.4) is 0 Å². The summed E-state index contributed by atoms with van der Waals surface area (Å²) in [5.41, 5.74) is 13.8. The molecule has 0 unspecified atom stereocenters. The van der Waals surface area contributed by atoms with Crippen LogP contribution in [0, 0.1) is 0 Å². The first kappa shape index (κ1) is 12.9. The number of anilines is 4. The molecule has 2 aromatic carbocycles. The van der Waals surface area contributed by atoms with Gasteiger partial charge in [0.1, 0.15) is 5.75 Å². The third kappa shape index (κ3) is 3.48. The van der Waals surface area contributed by atoms with E-state index in [1.54, 1.807) is 30.3 Å². The summed E-state index contributed by atoms with van der Waals surface area (Å²) in [4.78, 5) is 0. The van der Waals surface area contributed by atoms with Crippen molar-refractivity contribution in [3.8, 4) is 5.75 Å². The molecule has 19 heavy (non-hydrogen) atoms. The van der Waals surface area contributed by atoms with Gasteiger partial charge in [0.25, 0.3) is 0 Å². The Kier molecular flexibility index (Phi) is 3.70. The first-order valence-electron chi connectivity index (χ1n) is 5.51. The predicted octanol–water partition coefficient (Wildman–Crippen LogP) is 3.20. The number of alkyl halides is 2. The number of hydrogen-bond acceptors (Lipinski definition) is 4. The molecular formula is C13H13F2N3O. The van der Waals surface area contributed by atoms with E-state index in [1.165, 1.54) is 12.1 Å². The lowest BCUT2D eigenvalue weighted by Gasteiger charge is -2.09. The molecule has 0 saturated carbocycles. The van der Waals surface area contributed by atoms with Crippen LogP contribution in [0.4, 0.5) is 31.5 Å². The van der Waals surface area contributed by atoms with Crippen molar-refractivity contribution in [1.82, 2.24) is 0 Å². The molecule has 6 heteroatoms. The largest absolute Gasteiger partial charge is 0.435 e. The highest BCUT2D eigenvalue weighted by molar-refractivity contribution is 5.72. The molecule has 0 heterocycles. The normalized spacial score (nSPS) is 10.5. The SMILES string of the molecule is Nc1ccc(Nc2ccc(OC(F)F)cc2)cc1N. The Morgan fingerprint density at radius 1 is 0.895 bits per heavy atom. The summed E-state index contributed by atoms with van der Waals surface area (Å²) in [5.74, 6) is 0.109. The van der Waals surface area contributed by atoms with Gasteiger partial charge in [-0.3, -0.25) is 0 Å². The van der Waals surface area contributed by atoms with Gasteiger partial charge in [-0.05, 0) is 42.5 Å². The highest BCUT2D eigenvalue weighted by atomic mass is 19.3. The van der Waals surface area contributed by atoms with Crippen molar-refractivity contribution in [2.75, 3.05) is 16.8 Å². The maximum atomic E-state index is 12.0. The van der Waals surface area contributed by atoms with Crippen molar-refractivity contribution >= 4 is 22.7 Å². The summed E-state index contributed by atoms with van der Waals surface area (Å²) in [6, 6.07) is 11.3. The van der Waals surface area contributed by atoms with E-state index in [-0.39, 0.29) is 5.75 Å². The van der Waals surface area contributed by atoms with Crippen LogP contribution in [0.25, 0.3) is 0 Å². The molecule has 0 spiro atoms. The molecule has 0 radical (unpaired) electrons. The van der Waals surface area contributed by atoms with Gasteiger partial charge in [-0.25, -0.2) is 0 Å². The number of benzene rings is 2. The lowest BCUT2D eigenvalue weighted by molar-refractivity contribution is -0.0498. The molecule has 5 N–H and O–H groups in total. The van der Waals surface area contributed by atoms with E-state index in [0.29, 0.717) is 11.4 Å². The highest BCUT2D eigenvalue weighted by Gasteiger charge is 2.04. The smallest absolute Gasteiger partial charge is 0.387 e. The van der Waals surface area contributed by atoms with E-state index >= 15 is 0 Å². The first-order valence-corrected chi connectivity index (χ1v) is 5.51. The third-order valence-corrected chi connectivity index (χ3v) is 2.45. The van der Waals surface area contributed by atoms with Crippen LogP contribution < -0.4 is 21.5 Å². The minimum absolute atomic E-state index is 0.109. The molecule has 0 bridgehead atoms. The average Bonchev–Trinajstić information content (AvgIpc) is 2.36. The molecule has 2 rings (SSSR count). The van der Waals surface area contributed by atoms with Gasteiger partial charge < -0.3 is 21.5 Å². The Bertz CT molecular complexity index is 558. The maximum Gasteiger partial charge on any atom is 0.387 e. The Morgan fingerprint density at radius 2 is 1.53 bits per heavy atom. The zero-order valence-electron chi connectivity index (χ0n) is 9.94. The van der Waals surface area contributed by atoms with Crippen molar-refractivity contribution in [3.05, 3.63) is 42.5 Å². The van der Waals surface area contributed by atoms with Crippen LogP contribution in [0.5, 0.6) is 5.75 Å². The van der Waals surface area contributed by atoms with Crippen molar-refractivity contribution in [2.45, 2.75) is 6.61 Å². The fourth-order valence-corrected chi connectivity index (χ4v) is 1.54. The molecule has 0 aromatic heterocycles. The first-order chi connectivity index (χ1) is 9.04. The molecule has 0 atom stereocenters. The van der Waals surface area contributed by atoms with E-state index in [4.69, 9.17) is 11.5 Å². The lowest BCUT2D eigenvalue weighted by atomic mass is 10.2. The van der Waals surface area contributed by atoms with Gasteiger partial charge >= 0.3 is 6.61 Å². The van der Waals surface area contributed by atoms with Crippen LogP contribution in [0.1, 0.15) is 0 Å². The number of nitrogens with two attached hydrogens (primary N) is 2. The molecular weight excluding hydrogens is 252 g/mol. The molecule has 0 aliphatic carbocycles. The molecule has 4 nitrogen and oxygen atoms in total. The van der Waals surface area contributed by atoms with Crippen LogP contribution in [0.2, 0.25) is 0 Å². The van der Waals surface area contributed by atoms with E-state index in [2.05, 4.69) is 10.1 Å². The van der Waals surface area contributed by atoms with Crippen molar-refractivity contribution in [3.63, 3.8) is 0 Å². The summed E-state index contributed by atoms with van der Waals surface area (Å²) in [6.07, 6.45) is 0. The zero-order chi connectivity index (χ0) is 13.8. The quantitative estimate of drug-likeness (QED) is 0.742. The highest BCUT2D eigenvalue weighted by Crippen LogP contribution is 2.24. The van der Waals surface area contributed by atoms with Crippen molar-refractivity contribution in [1.29, 1.82) is 0 Å². The average molecular weight is 265 g/mol. The molecule has 0 amide bonds. The molecule has 2 aromatic rings. The Balaban J connectivity index is 2.08. The van der Waals surface area contributed by atoms with E-state index in [9.17, 15) is 8.78 Å². The zero-order valence-corrected chi connectivity index (χ0v) is 9.94. The van der Waals surface area contributed by atoms with Gasteiger partial charge in [-0.1, -0.05) is 0 Å². The fraction of sp³-hybridized carbons (Fsp3) is 0.0769. The number of halogens is 2. The number of ether oxygens (including phenoxy) is 1. The second-order valence-corrected chi connectivity index (χ2v) is 3.87. The summed E-state index contributed by atoms with van der Waals surface area (Å²) >= 11 is 0. The van der Waals surface area contributed by atoms with Gasteiger partial charge in [0.2, 0.25) is 0 Å². The lowest BCUT2D eigenvalue weighted by Crippen LogP contribution is -2.01. The molecule has 0 saturated heterocycles. The Labute approximate surface area is 109 Å². The van der Waals surface area contributed by atoms with Crippen LogP contribution in [-0.2, 0) is 0 Å². The van der Waals surface area contributed by atoms with Crippen molar-refractivity contribution < 1.29 is 13.5 Å². The van der Waals surface area contributed by atoms with Crippen molar-refractivity contribution in [2.24, 2.45) is 0 Å². The van der Waals surface area contributed by atoms with Gasteiger partial charge in [-0.15, -0.1) is 0 Å². The molecule has 0 aliphatic heterocycles. The number of rotatable bonds is 4. The van der Waals surface area contributed by atoms with Gasteiger partial charge in [0.15, 0.2) is 0 Å². The number of hydrogen-bond donors (Lipinski definition) is 3. The van der Waals surface area contributed by atoms with Gasteiger partial charge in [0.05, 0.1) is 11.4 Å². The summed E-state index contributed by atoms with van der Waals surface area (Å²) in [5, 5.41) is 3.07. The summed E-state index contributed by atoms with van der Waals surface area (Å²) < 4.78 is 28.2. The monoisotopic (exact) mass is 265 g/mol. The van der Waals surface area contributed by atoms with Crippen LogP contribution >= 0.6 is 0 Å². The number of nitrogens with one attached hydrogen (secondary N) is 1. The van der Waals surface area contributed by atoms with Gasteiger partial charge in [0, 0.05) is 11.4 Å². The van der Waals surface area contributed by atoms with E-state index < -0.39 is 6.61 Å². The third-order valence-electron chi connectivity index (χ3n) is 2.45. The fourth-order valence-electron chi connectivity index (χ4n) is 1.54. The topological polar surface area (TPSA) is 73.3 Å². The predicted molar refractivity (Wildman–Crippen MR) is 71.6 cm³/mol. The summed E-state index contributed by atoms with van der Waals surface area (Å²) in [6.45, 7) is -2.82. The van der Waals surface area contributed by atoms with E-state index in [1.807, 2.05) is 0 Å². The molecule has 0 aliphatic rings. The maximum absolute atomic E-state index is 12.0. The number of nitrogen functional groups attached to an aromatic ring is 2. The van der Waals surface area contributed by atoms with Crippen LogP contribution in [-0.4, -0.2) is 6.61 Å². The second-order valence-electron chi connectivity index (χ2n) is 3.87. The molecule has 0 fully saturated rings. The summed E-state index contributed by atoms with van der Waals surface area (Å²) in [7, 11) is 0. The van der Waals surface area contributed by atoms with Crippen LogP contribution in [0.15, 0.2) is 42.5 Å². The molecule has 100 valence electrons. The standard InChI is InChI=1S/C13H13F2N3O/c14-13(15)19-10-4-1-8(2-5-10)18-9-3-6-11(16)12(17)7-9/h1-7,13,18H,16-17H2.